The fourth-order valence-electron chi connectivity index (χ4n) is 2.02. The van der Waals surface area contributed by atoms with Gasteiger partial charge in [0, 0.05) is 23.8 Å². The van der Waals surface area contributed by atoms with E-state index >= 15 is 0 Å². The van der Waals surface area contributed by atoms with Gasteiger partial charge in [-0.15, -0.1) is 0 Å². The Kier molecular flexibility index (Phi) is 6.71. The summed E-state index contributed by atoms with van der Waals surface area (Å²) in [5.74, 6) is -2.51. The molecule has 0 saturated heterocycles. The van der Waals surface area contributed by atoms with Crippen molar-refractivity contribution in [2.45, 2.75) is 12.8 Å². The summed E-state index contributed by atoms with van der Waals surface area (Å²) < 4.78 is 0. The van der Waals surface area contributed by atoms with Crippen LogP contribution in [0, 0.1) is 10.1 Å². The van der Waals surface area contributed by atoms with Crippen molar-refractivity contribution in [3.63, 3.8) is 0 Å². The lowest BCUT2D eigenvalue weighted by atomic mass is 10.0. The fourth-order valence-corrected chi connectivity index (χ4v) is 2.02. The molecule has 1 aromatic carbocycles. The normalized spacial score (nSPS) is 13.5. The van der Waals surface area contributed by atoms with Crippen molar-refractivity contribution < 1.29 is 24.7 Å². The minimum Gasteiger partial charge on any atom is -0.478 e. The number of carboxylic acid groups (broad SMARTS) is 2. The van der Waals surface area contributed by atoms with Crippen LogP contribution in [0.15, 0.2) is 30.4 Å². The molecule has 0 radical (unpaired) electrons. The van der Waals surface area contributed by atoms with Gasteiger partial charge >= 0.3 is 11.9 Å². The maximum atomic E-state index is 10.8. The maximum Gasteiger partial charge on any atom is 0.328 e. The highest BCUT2D eigenvalue weighted by Gasteiger charge is 2.18. The van der Waals surface area contributed by atoms with Gasteiger partial charge in [0.05, 0.1) is 4.92 Å². The molecule has 1 aromatic rings. The number of fused-ring (bicyclic) bond motifs is 1. The minimum atomic E-state index is -1.26. The van der Waals surface area contributed by atoms with Gasteiger partial charge < -0.3 is 15.5 Å². The lowest BCUT2D eigenvalue weighted by Gasteiger charge is -2.04. The molecule has 1 aliphatic heterocycles. The lowest BCUT2D eigenvalue weighted by Crippen LogP contribution is -2.16. The topological polar surface area (TPSA) is 130 Å². The molecule has 0 bridgehead atoms. The summed E-state index contributed by atoms with van der Waals surface area (Å²) >= 11 is 0. The molecule has 1 aliphatic rings. The Labute approximate surface area is 126 Å². The Balaban J connectivity index is 0.000000261. The first-order valence-electron chi connectivity index (χ1n) is 6.51. The van der Waals surface area contributed by atoms with Gasteiger partial charge in [0.15, 0.2) is 0 Å². The van der Waals surface area contributed by atoms with Gasteiger partial charge in [-0.2, -0.15) is 0 Å². The predicted octanol–water partition coefficient (Wildman–Crippen LogP) is 0.995. The lowest BCUT2D eigenvalue weighted by molar-refractivity contribution is -0.385. The average Bonchev–Trinajstić information content (AvgIpc) is 2.70. The van der Waals surface area contributed by atoms with E-state index in [1.807, 2.05) is 6.07 Å². The number of nitrogens with one attached hydrogen (secondary N) is 1. The third kappa shape index (κ3) is 5.71. The number of aliphatic carboxylic acids is 2. The van der Waals surface area contributed by atoms with Crippen molar-refractivity contribution in [3.8, 4) is 0 Å². The Morgan fingerprint density at radius 1 is 1.14 bits per heavy atom. The predicted molar refractivity (Wildman–Crippen MR) is 77.8 cm³/mol. The number of benzene rings is 1. The van der Waals surface area contributed by atoms with Crippen molar-refractivity contribution in [3.05, 3.63) is 51.6 Å². The summed E-state index contributed by atoms with van der Waals surface area (Å²) in [5.41, 5.74) is 2.29. The molecule has 0 unspecified atom stereocenters. The SMILES string of the molecule is O=C(O)/C=C\C(=O)O.O=[N+]([O-])c1cccc2c1CCNCC2. The number of nitro groups is 1. The van der Waals surface area contributed by atoms with Crippen molar-refractivity contribution in [2.24, 2.45) is 0 Å². The van der Waals surface area contributed by atoms with Crippen LogP contribution in [0.25, 0.3) is 0 Å². The summed E-state index contributed by atoms with van der Waals surface area (Å²) in [6, 6.07) is 5.34. The number of nitro benzene ring substituents is 1. The summed E-state index contributed by atoms with van der Waals surface area (Å²) in [6.07, 6.45) is 2.76. The summed E-state index contributed by atoms with van der Waals surface area (Å²) in [5, 5.41) is 29.6. The van der Waals surface area contributed by atoms with E-state index in [1.165, 1.54) is 0 Å². The monoisotopic (exact) mass is 308 g/mol. The van der Waals surface area contributed by atoms with Crippen LogP contribution in [-0.4, -0.2) is 40.2 Å². The zero-order valence-electron chi connectivity index (χ0n) is 11.7. The van der Waals surface area contributed by atoms with Gasteiger partial charge in [-0.1, -0.05) is 12.1 Å². The molecule has 0 spiro atoms. The number of carbonyl (C=O) groups is 2. The largest absolute Gasteiger partial charge is 0.478 e. The van der Waals surface area contributed by atoms with E-state index in [0.29, 0.717) is 12.2 Å². The van der Waals surface area contributed by atoms with Gasteiger partial charge in [-0.25, -0.2) is 9.59 Å². The molecule has 8 nitrogen and oxygen atoms in total. The first-order valence-corrected chi connectivity index (χ1v) is 6.51. The summed E-state index contributed by atoms with van der Waals surface area (Å²) in [4.78, 5) is 29.6. The van der Waals surface area contributed by atoms with Crippen LogP contribution in [0.1, 0.15) is 11.1 Å². The van der Waals surface area contributed by atoms with Crippen molar-refractivity contribution in [1.82, 2.24) is 5.32 Å². The molecule has 3 N–H and O–H groups in total. The first-order chi connectivity index (χ1) is 10.4. The summed E-state index contributed by atoms with van der Waals surface area (Å²) in [7, 11) is 0. The molecular formula is C14H16N2O6. The van der Waals surface area contributed by atoms with Gasteiger partial charge in [0.1, 0.15) is 0 Å². The molecule has 0 fully saturated rings. The van der Waals surface area contributed by atoms with Crippen LogP contribution < -0.4 is 5.32 Å². The van der Waals surface area contributed by atoms with Crippen LogP contribution in [0.4, 0.5) is 5.69 Å². The smallest absolute Gasteiger partial charge is 0.328 e. The molecule has 2 rings (SSSR count). The number of rotatable bonds is 3. The maximum absolute atomic E-state index is 10.8. The number of carboxylic acids is 2. The number of nitrogens with zero attached hydrogens (tertiary/aromatic N) is 1. The van der Waals surface area contributed by atoms with Crippen LogP contribution >= 0.6 is 0 Å². The molecule has 22 heavy (non-hydrogen) atoms. The van der Waals surface area contributed by atoms with E-state index in [2.05, 4.69) is 5.32 Å². The molecule has 8 heteroatoms. The van der Waals surface area contributed by atoms with E-state index in [4.69, 9.17) is 10.2 Å². The van der Waals surface area contributed by atoms with E-state index in [9.17, 15) is 19.7 Å². The third-order valence-electron chi connectivity index (χ3n) is 2.94. The molecular weight excluding hydrogens is 292 g/mol. The Hall–Kier alpha value is -2.74. The molecule has 1 heterocycles. The van der Waals surface area contributed by atoms with E-state index in [1.54, 1.807) is 12.1 Å². The average molecular weight is 308 g/mol. The van der Waals surface area contributed by atoms with Gasteiger partial charge in [0.2, 0.25) is 0 Å². The highest BCUT2D eigenvalue weighted by Crippen LogP contribution is 2.24. The Bertz CT molecular complexity index is 581. The third-order valence-corrected chi connectivity index (χ3v) is 2.94. The zero-order valence-corrected chi connectivity index (χ0v) is 11.7. The van der Waals surface area contributed by atoms with Gasteiger partial charge in [0.25, 0.3) is 5.69 Å². The molecule has 0 amide bonds. The highest BCUT2D eigenvalue weighted by molar-refractivity contribution is 5.89. The Morgan fingerprint density at radius 3 is 2.27 bits per heavy atom. The molecule has 0 saturated carbocycles. The number of hydrogen-bond donors (Lipinski definition) is 3. The minimum absolute atomic E-state index is 0.270. The van der Waals surface area contributed by atoms with Crippen molar-refractivity contribution in [1.29, 1.82) is 0 Å². The molecule has 0 aliphatic carbocycles. The molecule has 118 valence electrons. The van der Waals surface area contributed by atoms with E-state index in [0.717, 1.165) is 37.1 Å². The van der Waals surface area contributed by atoms with Gasteiger partial charge in [-0.3, -0.25) is 10.1 Å². The van der Waals surface area contributed by atoms with Crippen LogP contribution in [0.2, 0.25) is 0 Å². The second-order valence-corrected chi connectivity index (χ2v) is 4.43. The second kappa shape index (κ2) is 8.53. The number of hydrogen-bond acceptors (Lipinski definition) is 5. The quantitative estimate of drug-likeness (QED) is 0.431. The van der Waals surface area contributed by atoms with Crippen molar-refractivity contribution in [2.75, 3.05) is 13.1 Å². The highest BCUT2D eigenvalue weighted by atomic mass is 16.6. The van der Waals surface area contributed by atoms with Crippen LogP contribution in [0.5, 0.6) is 0 Å². The van der Waals surface area contributed by atoms with Crippen molar-refractivity contribution >= 4 is 17.6 Å². The fraction of sp³-hybridized carbons (Fsp3) is 0.286. The summed E-state index contributed by atoms with van der Waals surface area (Å²) in [6.45, 7) is 1.74. The molecule has 0 atom stereocenters. The standard InChI is InChI=1S/C10H12N2O2.C4H4O4/c13-12(14)10-3-1-2-8-4-6-11-7-5-9(8)10;5-3(6)1-2-4(7)8/h1-3,11H,4-7H2;1-2H,(H,5,6)(H,7,8)/b;2-1-. The first kappa shape index (κ1) is 17.3. The Morgan fingerprint density at radius 2 is 1.73 bits per heavy atom. The molecule has 0 aromatic heterocycles. The van der Waals surface area contributed by atoms with Crippen LogP contribution in [0.3, 0.4) is 0 Å². The second-order valence-electron chi connectivity index (χ2n) is 4.43. The van der Waals surface area contributed by atoms with E-state index in [-0.39, 0.29) is 10.6 Å². The zero-order chi connectivity index (χ0) is 16.5. The van der Waals surface area contributed by atoms with Crippen LogP contribution in [-0.2, 0) is 22.4 Å². The van der Waals surface area contributed by atoms with E-state index < -0.39 is 11.9 Å². The van der Waals surface area contributed by atoms with Gasteiger partial charge in [-0.05, 0) is 31.5 Å².